The van der Waals surface area contributed by atoms with E-state index in [-0.39, 0.29) is 75.1 Å². The van der Waals surface area contributed by atoms with Gasteiger partial charge in [-0.2, -0.15) is 25.7 Å². The molecule has 6 rings (SSSR count). The predicted molar refractivity (Wildman–Crippen MR) is 320 cm³/mol. The fourth-order valence-electron chi connectivity index (χ4n) is 7.00. The molecule has 0 spiro atoms. The van der Waals surface area contributed by atoms with Crippen LogP contribution in [0.5, 0.6) is 0 Å². The van der Waals surface area contributed by atoms with Gasteiger partial charge in [-0.25, -0.2) is 14.4 Å². The second kappa shape index (κ2) is 45.0. The van der Waals surface area contributed by atoms with Gasteiger partial charge in [-0.05, 0) is 87.5 Å². The minimum absolute atomic E-state index is 0. The molecule has 7 unspecified atom stereocenters. The normalized spacial score (nSPS) is 23.0. The maximum absolute atomic E-state index is 12.1. The number of ether oxygens (including phenoxy) is 3. The summed E-state index contributed by atoms with van der Waals surface area (Å²) in [6.45, 7) is 35.2. The number of H-pyrrole nitrogens is 3. The van der Waals surface area contributed by atoms with Crippen LogP contribution in [0.2, 0.25) is 0 Å². The average Bonchev–Trinajstić information content (AvgIpc) is 4.05. The van der Waals surface area contributed by atoms with Gasteiger partial charge in [0.15, 0.2) is 0 Å². The van der Waals surface area contributed by atoms with Crippen molar-refractivity contribution < 1.29 is 89.6 Å². The number of halogens is 1. The molecule has 0 amide bonds. The van der Waals surface area contributed by atoms with Crippen LogP contribution >= 0.6 is 42.5 Å². The fraction of sp³-hybridized carbons (Fsp3) is 0.680. The topological polar surface area (TPSA) is 330 Å². The summed E-state index contributed by atoms with van der Waals surface area (Å²) in [4.78, 5) is 107. The number of phosphoric acid groups is 1. The number of hydrogen-bond acceptors (Lipinski definition) is 17. The van der Waals surface area contributed by atoms with E-state index in [1.807, 2.05) is 54.9 Å². The van der Waals surface area contributed by atoms with Crippen LogP contribution in [0.15, 0.2) is 47.4 Å². The van der Waals surface area contributed by atoms with Gasteiger partial charge in [0.1, 0.15) is 24.8 Å². The minimum atomic E-state index is -5.06. The van der Waals surface area contributed by atoms with Crippen molar-refractivity contribution in [3.05, 3.63) is 125 Å². The Bertz CT molecular complexity index is 2680. The SMILES string of the molecule is CC[C@H]1O[C@H](n2cc(C)c(=O)[nH]c2=O)CC1O.CC[C@H]1O[C@H](n2cc(C)c(=O)[nH]c2=O)CC1OPC.CPCl.Cc1cn([C@@H]2CC(OP(O)(=S)OC(C)(C)C)[C@@H](COP(=O)([O-])O)O2)c(=O)[nH]c1=O.[CH2-]CC.[CH2-]CC.[CH2-]CC.[CH2-]CC.[Ni+2].[Ni+2]. The average molecular weight is 1370 g/mol. The van der Waals surface area contributed by atoms with Gasteiger partial charge >= 0.3 is 56.8 Å². The number of phosphoric ester groups is 1. The molecule has 3 aliphatic rings. The third-order valence-corrected chi connectivity index (χ3v) is 12.9. The summed E-state index contributed by atoms with van der Waals surface area (Å²) in [5.41, 5.74) is -2.63. The predicted octanol–water partition coefficient (Wildman–Crippen LogP) is 7.45. The summed E-state index contributed by atoms with van der Waals surface area (Å²) in [5.74, 6) is 0. The molecule has 3 fully saturated rings. The second-order valence-electron chi connectivity index (χ2n) is 18.5. The van der Waals surface area contributed by atoms with E-state index < -0.39 is 85.7 Å². The van der Waals surface area contributed by atoms with Crippen molar-refractivity contribution in [2.45, 2.75) is 202 Å². The summed E-state index contributed by atoms with van der Waals surface area (Å²) in [6.07, 6.45) is 5.97. The van der Waals surface area contributed by atoms with Crippen LogP contribution < -0.4 is 38.6 Å². The molecule has 0 aliphatic carbocycles. The van der Waals surface area contributed by atoms with Crippen LogP contribution in [-0.2, 0) is 81.7 Å². The van der Waals surface area contributed by atoms with Crippen LogP contribution in [0.4, 0.5) is 0 Å². The van der Waals surface area contributed by atoms with Crippen molar-refractivity contribution in [2.24, 2.45) is 0 Å². The Morgan fingerprint density at radius 1 is 0.683 bits per heavy atom. The number of aryl methyl sites for hydroxylation is 3. The Morgan fingerprint density at radius 2 is 1.00 bits per heavy atom. The number of nitrogens with one attached hydrogen (secondary N) is 3. The molecule has 0 bridgehead atoms. The van der Waals surface area contributed by atoms with Gasteiger partial charge in [0, 0.05) is 63.4 Å². The molecule has 0 radical (unpaired) electrons. The summed E-state index contributed by atoms with van der Waals surface area (Å²) < 4.78 is 52.8. The Kier molecular flexibility index (Phi) is 47.7. The number of hydrogen-bond donors (Lipinski definition) is 6. The number of aliphatic hydroxyl groups excluding tert-OH is 1. The third kappa shape index (κ3) is 33.7. The molecule has 3 aromatic rings. The van der Waals surface area contributed by atoms with Crippen LogP contribution in [0.25, 0.3) is 0 Å². The van der Waals surface area contributed by atoms with Gasteiger partial charge in [0.2, 0.25) is 0 Å². The Labute approximate surface area is 516 Å². The molecule has 0 saturated carbocycles. The van der Waals surface area contributed by atoms with Crippen LogP contribution in [0.1, 0.15) is 155 Å². The molecule has 3 aliphatic heterocycles. The summed E-state index contributed by atoms with van der Waals surface area (Å²) >= 11 is 10.0. The Hall–Kier alpha value is -1.38. The van der Waals surface area contributed by atoms with Gasteiger partial charge in [-0.15, -0.1) is 11.2 Å². The number of aliphatic hydroxyl groups is 1. The van der Waals surface area contributed by atoms with Crippen molar-refractivity contribution in [2.75, 3.05) is 19.9 Å². The maximum atomic E-state index is 12.1. The maximum Gasteiger partial charge on any atom is 2.00 e. The van der Waals surface area contributed by atoms with Crippen LogP contribution in [0, 0.1) is 48.5 Å². The first-order valence-electron chi connectivity index (χ1n) is 26.0. The Morgan fingerprint density at radius 3 is 1.30 bits per heavy atom. The number of nitrogens with zero attached hydrogens (tertiary/aromatic N) is 3. The van der Waals surface area contributed by atoms with Crippen molar-refractivity contribution in [3.8, 4) is 0 Å². The van der Waals surface area contributed by atoms with E-state index in [9.17, 15) is 48.2 Å². The van der Waals surface area contributed by atoms with Gasteiger partial charge in [0.05, 0.1) is 42.7 Å². The molecule has 6 heterocycles. The molecule has 3 saturated heterocycles. The monoisotopic (exact) mass is 1370 g/mol. The van der Waals surface area contributed by atoms with Crippen LogP contribution in [0.3, 0.4) is 0 Å². The van der Waals surface area contributed by atoms with E-state index in [2.05, 4.69) is 47.2 Å². The van der Waals surface area contributed by atoms with Crippen molar-refractivity contribution in [1.29, 1.82) is 0 Å². The van der Waals surface area contributed by atoms with Crippen molar-refractivity contribution in [3.63, 3.8) is 0 Å². The minimum Gasteiger partial charge on any atom is -0.756 e. The second-order valence-corrected chi connectivity index (χ2v) is 24.6. The zero-order valence-electron chi connectivity index (χ0n) is 49.4. The van der Waals surface area contributed by atoms with Gasteiger partial charge in [0.25, 0.3) is 24.5 Å². The molecule has 6 N–H and O–H groups in total. The third-order valence-electron chi connectivity index (χ3n) is 10.1. The molecule has 82 heavy (non-hydrogen) atoms. The van der Waals surface area contributed by atoms with E-state index >= 15 is 0 Å². The van der Waals surface area contributed by atoms with Crippen molar-refractivity contribution in [1.82, 2.24) is 28.7 Å². The molecule has 482 valence electrons. The zero-order chi connectivity index (χ0) is 62.3. The van der Waals surface area contributed by atoms with Gasteiger partial charge in [-0.1, -0.05) is 41.5 Å². The number of aromatic amines is 3. The largest absolute Gasteiger partial charge is 2.00 e. The summed E-state index contributed by atoms with van der Waals surface area (Å²) in [6, 6.07) is 0. The van der Waals surface area contributed by atoms with E-state index in [4.69, 9.17) is 55.7 Å². The molecule has 3 aromatic heterocycles. The van der Waals surface area contributed by atoms with E-state index in [1.54, 1.807) is 40.8 Å². The first-order chi connectivity index (χ1) is 37.2. The molecule has 24 nitrogen and oxygen atoms in total. The molecular formula is C50H90ClN6Ni2O18P4S-. The summed E-state index contributed by atoms with van der Waals surface area (Å²) in [7, 11) is -4.11. The quantitative estimate of drug-likeness (QED) is 0.0550. The molecular weight excluding hydrogens is 1280 g/mol. The zero-order valence-corrected chi connectivity index (χ0v) is 56.8. The molecule has 32 heteroatoms. The Balaban J connectivity index is -0.000000502. The van der Waals surface area contributed by atoms with E-state index in [0.717, 1.165) is 36.7 Å². The standard InChI is InChI=1S/C14H24N2O10P2S.C12H19N2O4P.C11H16N2O4.4C3H7.CH4ClP.2Ni/c1-8-6-16(13(18)15-12(8)17)11-5-9(10(24-11)7-23-27(19,20)21)25-28(22,29)26-14(2,3)4;1-4-8-9(18-19-3)5-10(17-8)14-6-7(2)11(15)13-12(14)16;1-3-8-7(14)4-9(17-8)13-5-6(2)10(15)12-11(13)16;5*1-3-2;;/h6,9-11H,5,7H2,1-4H3,(H,22,29)(H,15,17,18)(H2,19,20,21);6,8-10,19H,4-5H2,1-3H3,(H,13,15,16);5,7-9,14H,3-4H2,1-2H3,(H,12,15,16);4*1,3H2,2H3;3H,1H3;;/q;;;4*-1;;2*+2/p-1/t9?,10-,11+,28?;8-,9?,10+;7?,8-,9+;;;;;;;/m111......./s1. The van der Waals surface area contributed by atoms with Gasteiger partial charge < -0.3 is 79.8 Å². The molecule has 0 aromatic carbocycles. The van der Waals surface area contributed by atoms with E-state index in [1.165, 1.54) is 28.5 Å². The van der Waals surface area contributed by atoms with Gasteiger partial charge in [-0.3, -0.25) is 47.6 Å². The first-order valence-corrected chi connectivity index (χ1v) is 34.0. The smallest absolute Gasteiger partial charge is 0.756 e. The fourth-order valence-corrected chi connectivity index (χ4v) is 10.2. The van der Waals surface area contributed by atoms with E-state index in [0.29, 0.717) is 47.1 Å². The van der Waals surface area contributed by atoms with Crippen LogP contribution in [-0.4, -0.2) is 106 Å². The summed E-state index contributed by atoms with van der Waals surface area (Å²) in [5, 5.41) is 9.72. The number of rotatable bonds is 13. The molecule has 13 atom stereocenters. The van der Waals surface area contributed by atoms with Crippen molar-refractivity contribution >= 4 is 54.3 Å². The number of aromatic nitrogens is 6. The first kappa shape index (κ1) is 87.1.